The zero-order chi connectivity index (χ0) is 18.6. The highest BCUT2D eigenvalue weighted by atomic mass is 19.4. The first-order valence-corrected chi connectivity index (χ1v) is 9.32. The molecule has 1 spiro atoms. The number of hydrogen-bond donors (Lipinski definition) is 0. The van der Waals surface area contributed by atoms with Crippen molar-refractivity contribution in [2.24, 2.45) is 5.41 Å². The molecule has 1 amide bonds. The molecule has 1 aromatic heterocycles. The SMILES string of the molecule is O=C1CC[C@@]2(CCCN(CCCC(F)(F)F)C2)CN1Cc1ccccn1. The van der Waals surface area contributed by atoms with E-state index in [-0.39, 0.29) is 17.7 Å². The monoisotopic (exact) mass is 369 g/mol. The molecule has 0 aliphatic carbocycles. The van der Waals surface area contributed by atoms with Gasteiger partial charge in [-0.2, -0.15) is 13.2 Å². The molecule has 7 heteroatoms. The summed E-state index contributed by atoms with van der Waals surface area (Å²) >= 11 is 0. The number of aromatic nitrogens is 1. The zero-order valence-electron chi connectivity index (χ0n) is 15.0. The molecule has 2 fully saturated rings. The maximum atomic E-state index is 12.4. The largest absolute Gasteiger partial charge is 0.389 e. The number of piperidine rings is 2. The van der Waals surface area contributed by atoms with Crippen LogP contribution in [0.4, 0.5) is 13.2 Å². The van der Waals surface area contributed by atoms with Crippen molar-refractivity contribution >= 4 is 5.91 Å². The van der Waals surface area contributed by atoms with Crippen LogP contribution in [0.15, 0.2) is 24.4 Å². The van der Waals surface area contributed by atoms with E-state index in [0.29, 0.717) is 26.1 Å². The third kappa shape index (κ3) is 5.19. The topological polar surface area (TPSA) is 36.4 Å². The number of halogens is 3. The molecule has 1 aromatic rings. The highest BCUT2D eigenvalue weighted by Crippen LogP contribution is 2.39. The lowest BCUT2D eigenvalue weighted by molar-refractivity contribution is -0.142. The molecule has 2 saturated heterocycles. The van der Waals surface area contributed by atoms with E-state index in [0.717, 1.165) is 38.0 Å². The molecule has 2 aliphatic rings. The van der Waals surface area contributed by atoms with Crippen LogP contribution < -0.4 is 0 Å². The van der Waals surface area contributed by atoms with Gasteiger partial charge in [-0.25, -0.2) is 0 Å². The number of amides is 1. The summed E-state index contributed by atoms with van der Waals surface area (Å²) in [6.45, 7) is 3.31. The smallest absolute Gasteiger partial charge is 0.336 e. The molecule has 0 bridgehead atoms. The molecule has 4 nitrogen and oxygen atoms in total. The lowest BCUT2D eigenvalue weighted by atomic mass is 9.73. The predicted molar refractivity (Wildman–Crippen MR) is 92.3 cm³/mol. The van der Waals surface area contributed by atoms with Gasteiger partial charge in [-0.1, -0.05) is 6.07 Å². The van der Waals surface area contributed by atoms with Gasteiger partial charge in [0.1, 0.15) is 0 Å². The van der Waals surface area contributed by atoms with Crippen molar-refractivity contribution in [1.82, 2.24) is 14.8 Å². The van der Waals surface area contributed by atoms with Crippen LogP contribution in [0.5, 0.6) is 0 Å². The number of likely N-dealkylation sites (tertiary alicyclic amines) is 2. The van der Waals surface area contributed by atoms with Crippen LogP contribution in [0, 0.1) is 5.41 Å². The lowest BCUT2D eigenvalue weighted by Crippen LogP contribution is -2.53. The molecular formula is C19H26F3N3O. The number of alkyl halides is 3. The molecule has 1 atom stereocenters. The number of carbonyl (C=O) groups is 1. The van der Waals surface area contributed by atoms with E-state index in [1.807, 2.05) is 23.1 Å². The summed E-state index contributed by atoms with van der Waals surface area (Å²) in [5.74, 6) is 0.149. The van der Waals surface area contributed by atoms with Gasteiger partial charge in [0.05, 0.1) is 12.2 Å². The van der Waals surface area contributed by atoms with Crippen molar-refractivity contribution < 1.29 is 18.0 Å². The standard InChI is InChI=1S/C19H26F3N3O/c20-19(21,22)8-4-12-24-11-3-7-18(14-24)9-6-17(26)25(15-18)13-16-5-1-2-10-23-16/h1-2,5,10H,3-4,6-9,11-15H2/t18-/m1/s1. The number of pyridine rings is 1. The van der Waals surface area contributed by atoms with Crippen molar-refractivity contribution in [2.75, 3.05) is 26.2 Å². The Bertz CT molecular complexity index is 608. The van der Waals surface area contributed by atoms with Gasteiger partial charge in [0.2, 0.25) is 5.91 Å². The molecule has 0 saturated carbocycles. The van der Waals surface area contributed by atoms with Crippen LogP contribution >= 0.6 is 0 Å². The fraction of sp³-hybridized carbons (Fsp3) is 0.684. The second-order valence-corrected chi connectivity index (χ2v) is 7.67. The Hall–Kier alpha value is -1.63. The van der Waals surface area contributed by atoms with E-state index in [4.69, 9.17) is 0 Å². The highest BCUT2D eigenvalue weighted by molar-refractivity contribution is 5.77. The van der Waals surface area contributed by atoms with Crippen molar-refractivity contribution in [3.63, 3.8) is 0 Å². The zero-order valence-corrected chi connectivity index (χ0v) is 15.0. The Morgan fingerprint density at radius 2 is 2.04 bits per heavy atom. The summed E-state index contributed by atoms with van der Waals surface area (Å²) in [5.41, 5.74) is 0.884. The molecule has 3 heterocycles. The first-order valence-electron chi connectivity index (χ1n) is 9.32. The number of hydrogen-bond acceptors (Lipinski definition) is 3. The summed E-state index contributed by atoms with van der Waals surface area (Å²) in [6.07, 6.45) is 0.444. The number of carbonyl (C=O) groups excluding carboxylic acids is 1. The van der Waals surface area contributed by atoms with Gasteiger partial charge in [0.25, 0.3) is 0 Å². The Labute approximate surface area is 152 Å². The fourth-order valence-corrected chi connectivity index (χ4v) is 4.27. The third-order valence-corrected chi connectivity index (χ3v) is 5.50. The molecule has 0 aromatic carbocycles. The summed E-state index contributed by atoms with van der Waals surface area (Å²) in [5, 5.41) is 0. The van der Waals surface area contributed by atoms with Crippen LogP contribution in [0.3, 0.4) is 0 Å². The van der Waals surface area contributed by atoms with E-state index in [9.17, 15) is 18.0 Å². The van der Waals surface area contributed by atoms with Crippen molar-refractivity contribution in [3.8, 4) is 0 Å². The van der Waals surface area contributed by atoms with Gasteiger partial charge < -0.3 is 9.80 Å². The molecule has 26 heavy (non-hydrogen) atoms. The Kier molecular flexibility index (Phi) is 5.85. The van der Waals surface area contributed by atoms with Crippen molar-refractivity contribution in [2.45, 2.75) is 51.2 Å². The van der Waals surface area contributed by atoms with Gasteiger partial charge in [-0.15, -0.1) is 0 Å². The molecular weight excluding hydrogens is 343 g/mol. The minimum atomic E-state index is -4.08. The number of rotatable bonds is 5. The summed E-state index contributed by atoms with van der Waals surface area (Å²) in [4.78, 5) is 20.7. The number of nitrogens with zero attached hydrogens (tertiary/aromatic N) is 3. The van der Waals surface area contributed by atoms with Crippen LogP contribution in [-0.4, -0.2) is 53.0 Å². The summed E-state index contributed by atoms with van der Waals surface area (Å²) < 4.78 is 37.2. The lowest BCUT2D eigenvalue weighted by Gasteiger charge is -2.48. The maximum Gasteiger partial charge on any atom is 0.389 e. The molecule has 2 aliphatic heterocycles. The van der Waals surface area contributed by atoms with E-state index in [1.54, 1.807) is 6.20 Å². The Morgan fingerprint density at radius 1 is 1.19 bits per heavy atom. The van der Waals surface area contributed by atoms with E-state index in [1.165, 1.54) is 0 Å². The predicted octanol–water partition coefficient (Wildman–Crippen LogP) is 3.63. The van der Waals surface area contributed by atoms with E-state index >= 15 is 0 Å². The van der Waals surface area contributed by atoms with Crippen LogP contribution in [0.2, 0.25) is 0 Å². The fourth-order valence-electron chi connectivity index (χ4n) is 4.27. The molecule has 0 N–H and O–H groups in total. The average Bonchev–Trinajstić information content (AvgIpc) is 2.59. The van der Waals surface area contributed by atoms with Gasteiger partial charge >= 0.3 is 6.18 Å². The molecule has 3 rings (SSSR count). The average molecular weight is 369 g/mol. The van der Waals surface area contributed by atoms with Gasteiger partial charge in [0, 0.05) is 37.5 Å². The van der Waals surface area contributed by atoms with Gasteiger partial charge in [-0.05, 0) is 50.9 Å². The molecule has 0 unspecified atom stereocenters. The first-order chi connectivity index (χ1) is 12.4. The van der Waals surface area contributed by atoms with Crippen molar-refractivity contribution in [3.05, 3.63) is 30.1 Å². The van der Waals surface area contributed by atoms with Crippen LogP contribution in [0.25, 0.3) is 0 Å². The molecule has 0 radical (unpaired) electrons. The van der Waals surface area contributed by atoms with E-state index < -0.39 is 12.6 Å². The second kappa shape index (κ2) is 7.94. The summed E-state index contributed by atoms with van der Waals surface area (Å²) in [7, 11) is 0. The minimum absolute atomic E-state index is 0.0131. The van der Waals surface area contributed by atoms with E-state index in [2.05, 4.69) is 9.88 Å². The normalized spacial score (nSPS) is 25.0. The minimum Gasteiger partial charge on any atom is -0.336 e. The molecule has 144 valence electrons. The summed E-state index contributed by atoms with van der Waals surface area (Å²) in [6, 6.07) is 5.68. The quantitative estimate of drug-likeness (QED) is 0.795. The maximum absolute atomic E-state index is 12.4. The highest BCUT2D eigenvalue weighted by Gasteiger charge is 2.41. The Morgan fingerprint density at radius 3 is 2.77 bits per heavy atom. The Balaban J connectivity index is 1.58. The van der Waals surface area contributed by atoms with Gasteiger partial charge in [0.15, 0.2) is 0 Å². The third-order valence-electron chi connectivity index (χ3n) is 5.50. The van der Waals surface area contributed by atoms with Crippen LogP contribution in [0.1, 0.15) is 44.2 Å². The van der Waals surface area contributed by atoms with Crippen molar-refractivity contribution in [1.29, 1.82) is 0 Å². The first kappa shape index (κ1) is 19.1. The second-order valence-electron chi connectivity index (χ2n) is 7.67. The van der Waals surface area contributed by atoms with Crippen LogP contribution in [-0.2, 0) is 11.3 Å². The van der Waals surface area contributed by atoms with Gasteiger partial charge in [-0.3, -0.25) is 9.78 Å².